The van der Waals surface area contributed by atoms with Crippen LogP contribution in [0.5, 0.6) is 0 Å². The van der Waals surface area contributed by atoms with Crippen LogP contribution in [0.15, 0.2) is 0 Å². The molecule has 0 saturated carbocycles. The molecule has 0 aliphatic carbocycles. The minimum absolute atomic E-state index is 0. The van der Waals surface area contributed by atoms with Crippen molar-refractivity contribution in [2.45, 2.75) is 27.2 Å². The molecule has 0 radical (unpaired) electrons. The van der Waals surface area contributed by atoms with Crippen LogP contribution in [0.3, 0.4) is 0 Å². The Morgan fingerprint density at radius 2 is 1.50 bits per heavy atom. The maximum atomic E-state index is 10.8. The fourth-order valence-electron chi connectivity index (χ4n) is 1.30. The van der Waals surface area contributed by atoms with Gasteiger partial charge >= 0.3 is 82.2 Å². The van der Waals surface area contributed by atoms with Crippen molar-refractivity contribution in [1.29, 1.82) is 0 Å². The van der Waals surface area contributed by atoms with E-state index in [-0.39, 0.29) is 76.7 Å². The first kappa shape index (κ1) is 20.6. The summed E-state index contributed by atoms with van der Waals surface area (Å²) in [6.45, 7) is 4.78. The predicted octanol–water partition coefficient (Wildman–Crippen LogP) is -0.0890. The van der Waals surface area contributed by atoms with Crippen LogP contribution in [0.1, 0.15) is 27.2 Å². The zero-order valence-corrected chi connectivity index (χ0v) is 7.50. The van der Waals surface area contributed by atoms with Crippen molar-refractivity contribution < 1.29 is 19.8 Å². The van der Waals surface area contributed by atoms with Crippen LogP contribution in [0.4, 0.5) is 0 Å². The molecule has 0 atom stereocenters. The summed E-state index contributed by atoms with van der Waals surface area (Å²) < 4.78 is 0. The average molecular weight is 222 g/mol. The SMILES string of the molecule is CCC(C(=O)O)(C(=O)O)C(C)C.[KH].[LiH]. The molecule has 0 spiro atoms. The van der Waals surface area contributed by atoms with E-state index in [4.69, 9.17) is 10.2 Å². The van der Waals surface area contributed by atoms with Crippen molar-refractivity contribution in [3.63, 3.8) is 0 Å². The number of rotatable bonds is 4. The van der Waals surface area contributed by atoms with E-state index in [1.807, 2.05) is 0 Å². The van der Waals surface area contributed by atoms with E-state index < -0.39 is 23.3 Å². The Hall–Kier alpha value is 1.17. The summed E-state index contributed by atoms with van der Waals surface area (Å²) >= 11 is 0. The summed E-state index contributed by atoms with van der Waals surface area (Å²) in [6, 6.07) is 0. The summed E-state index contributed by atoms with van der Waals surface area (Å²) in [5, 5.41) is 17.6. The third-order valence-corrected chi connectivity index (χ3v) is 2.31. The van der Waals surface area contributed by atoms with Gasteiger partial charge < -0.3 is 10.2 Å². The molecule has 0 rings (SSSR count). The molecule has 0 heterocycles. The normalized spacial score (nSPS) is 10.0. The zero-order chi connectivity index (χ0) is 9.94. The molecule has 4 nitrogen and oxygen atoms in total. The topological polar surface area (TPSA) is 74.6 Å². The van der Waals surface area contributed by atoms with E-state index in [1.165, 1.54) is 0 Å². The fraction of sp³-hybridized carbons (Fsp3) is 0.750. The molecule has 0 aromatic heterocycles. The fourth-order valence-corrected chi connectivity index (χ4v) is 1.30. The summed E-state index contributed by atoms with van der Waals surface area (Å²) in [4.78, 5) is 21.5. The Morgan fingerprint density at radius 1 is 1.21 bits per heavy atom. The summed E-state index contributed by atoms with van der Waals surface area (Å²) in [6.07, 6.45) is 0.106. The van der Waals surface area contributed by atoms with E-state index >= 15 is 0 Å². The molecule has 0 amide bonds. The van der Waals surface area contributed by atoms with Crippen LogP contribution in [0.2, 0.25) is 0 Å². The van der Waals surface area contributed by atoms with Crippen LogP contribution >= 0.6 is 0 Å². The molecule has 0 aliphatic rings. The molecule has 0 aromatic carbocycles. The molecule has 14 heavy (non-hydrogen) atoms. The summed E-state index contributed by atoms with van der Waals surface area (Å²) in [7, 11) is 0. The second kappa shape index (κ2) is 8.34. The van der Waals surface area contributed by atoms with Crippen molar-refractivity contribution in [1.82, 2.24) is 0 Å². The van der Waals surface area contributed by atoms with Gasteiger partial charge in [0.2, 0.25) is 0 Å². The Morgan fingerprint density at radius 3 is 1.50 bits per heavy atom. The van der Waals surface area contributed by atoms with Gasteiger partial charge in [-0.3, -0.25) is 9.59 Å². The number of carboxylic acids is 2. The van der Waals surface area contributed by atoms with Crippen LogP contribution in [0.25, 0.3) is 0 Å². The van der Waals surface area contributed by atoms with E-state index in [2.05, 4.69) is 0 Å². The van der Waals surface area contributed by atoms with Gasteiger partial charge in [0.05, 0.1) is 0 Å². The average Bonchev–Trinajstić information content (AvgIpc) is 1.86. The Labute approximate surface area is 138 Å². The molecule has 2 N–H and O–H groups in total. The number of hydrogen-bond donors (Lipinski definition) is 2. The molecule has 0 unspecified atom stereocenters. The van der Waals surface area contributed by atoms with Crippen molar-refractivity contribution in [3.8, 4) is 0 Å². The van der Waals surface area contributed by atoms with Crippen LogP contribution in [-0.4, -0.2) is 92.4 Å². The van der Waals surface area contributed by atoms with Gasteiger partial charge in [-0.15, -0.1) is 0 Å². The molecular formula is C8H16KLiO4. The first-order chi connectivity index (χ1) is 5.39. The van der Waals surface area contributed by atoms with E-state index in [0.717, 1.165) is 0 Å². The van der Waals surface area contributed by atoms with Crippen molar-refractivity contribution >= 4 is 82.2 Å². The predicted molar refractivity (Wildman–Crippen MR) is 57.1 cm³/mol. The van der Waals surface area contributed by atoms with Crippen LogP contribution in [0, 0.1) is 11.3 Å². The van der Waals surface area contributed by atoms with Gasteiger partial charge in [-0.1, -0.05) is 20.8 Å². The van der Waals surface area contributed by atoms with Crippen molar-refractivity contribution in [2.75, 3.05) is 0 Å². The molecule has 0 bridgehead atoms. The van der Waals surface area contributed by atoms with Gasteiger partial charge in [-0.2, -0.15) is 0 Å². The second-order valence-electron chi connectivity index (χ2n) is 3.09. The number of aliphatic carboxylic acids is 2. The van der Waals surface area contributed by atoms with Gasteiger partial charge in [-0.05, 0) is 12.3 Å². The molecule has 74 valence electrons. The van der Waals surface area contributed by atoms with Gasteiger partial charge in [0.25, 0.3) is 0 Å². The quantitative estimate of drug-likeness (QED) is 0.515. The van der Waals surface area contributed by atoms with Gasteiger partial charge in [-0.25, -0.2) is 0 Å². The minimum atomic E-state index is -1.63. The Bertz CT molecular complexity index is 192. The van der Waals surface area contributed by atoms with Crippen LogP contribution in [-0.2, 0) is 9.59 Å². The second-order valence-corrected chi connectivity index (χ2v) is 3.09. The number of hydrogen-bond acceptors (Lipinski definition) is 2. The molecule has 0 aliphatic heterocycles. The van der Waals surface area contributed by atoms with E-state index in [0.29, 0.717) is 0 Å². The first-order valence-electron chi connectivity index (χ1n) is 3.86. The monoisotopic (exact) mass is 222 g/mol. The van der Waals surface area contributed by atoms with Gasteiger partial charge in [0, 0.05) is 0 Å². The van der Waals surface area contributed by atoms with Crippen LogP contribution < -0.4 is 0 Å². The van der Waals surface area contributed by atoms with E-state index in [9.17, 15) is 9.59 Å². The summed E-state index contributed by atoms with van der Waals surface area (Å²) in [5.41, 5.74) is -1.63. The summed E-state index contributed by atoms with van der Waals surface area (Å²) in [5.74, 6) is -2.92. The van der Waals surface area contributed by atoms with Crippen molar-refractivity contribution in [2.24, 2.45) is 11.3 Å². The number of carbonyl (C=O) groups is 2. The molecule has 0 aromatic rings. The number of carboxylic acid groups (broad SMARTS) is 2. The first-order valence-corrected chi connectivity index (χ1v) is 3.86. The van der Waals surface area contributed by atoms with Crippen molar-refractivity contribution in [3.05, 3.63) is 0 Å². The third kappa shape index (κ3) is 3.97. The molecule has 6 heteroatoms. The zero-order valence-electron chi connectivity index (χ0n) is 7.50. The van der Waals surface area contributed by atoms with Gasteiger partial charge in [0.15, 0.2) is 5.41 Å². The van der Waals surface area contributed by atoms with E-state index in [1.54, 1.807) is 20.8 Å². The van der Waals surface area contributed by atoms with Gasteiger partial charge in [0.1, 0.15) is 0 Å². The Balaban J connectivity index is -0.000000605. The Kier molecular flexibility index (Phi) is 12.3. The molecule has 0 saturated heterocycles. The maximum absolute atomic E-state index is 10.8. The molecular weight excluding hydrogens is 206 g/mol. The third-order valence-electron chi connectivity index (χ3n) is 2.31. The standard InChI is InChI=1S/C8H14O4.K.Li.2H/c1-4-8(5(2)3,6(9)10)7(11)12;;;;/h5H,4H2,1-3H3,(H,9,10)(H,11,12);;;;. The molecule has 0 fully saturated rings.